The molecule has 29 heavy (non-hydrogen) atoms. The van der Waals surface area contributed by atoms with Crippen LogP contribution in [0.5, 0.6) is 0 Å². The van der Waals surface area contributed by atoms with Crippen LogP contribution in [-0.4, -0.2) is 32.4 Å². The average molecular weight is 412 g/mol. The second-order valence-corrected chi connectivity index (χ2v) is 6.64. The Bertz CT molecular complexity index is 1180. The number of carboxylic acids is 1. The molecule has 0 fully saturated rings. The average Bonchev–Trinajstić information content (AvgIpc) is 3.05. The molecule has 0 unspecified atom stereocenters. The molecule has 0 aliphatic rings. The Balaban J connectivity index is 2.04. The SMILES string of the molecule is N=C(N=[NH2+])C(=O)C=C(O)c1cn(Cc2ccc(C(=O)O)cc2)c2ccc(Cl)cc12. The predicted molar refractivity (Wildman–Crippen MR) is 107 cm³/mol. The van der Waals surface area contributed by atoms with Gasteiger partial charge in [-0.2, -0.15) is 5.53 Å². The van der Waals surface area contributed by atoms with Crippen LogP contribution >= 0.6 is 11.6 Å². The fourth-order valence-corrected chi connectivity index (χ4v) is 3.06. The minimum Gasteiger partial charge on any atom is -0.507 e. The number of aliphatic hydroxyl groups is 1. The van der Waals surface area contributed by atoms with Crippen LogP contribution in [-0.2, 0) is 11.3 Å². The van der Waals surface area contributed by atoms with Crippen molar-refractivity contribution in [1.82, 2.24) is 4.57 Å². The van der Waals surface area contributed by atoms with Gasteiger partial charge in [0.05, 0.1) is 5.56 Å². The topological polar surface area (TPSA) is 141 Å². The van der Waals surface area contributed by atoms with E-state index in [9.17, 15) is 14.7 Å². The van der Waals surface area contributed by atoms with Gasteiger partial charge >= 0.3 is 5.97 Å². The fraction of sp³-hybridized carbons (Fsp3) is 0.0500. The Hall–Kier alpha value is -3.78. The van der Waals surface area contributed by atoms with Crippen molar-refractivity contribution in [3.8, 4) is 0 Å². The summed E-state index contributed by atoms with van der Waals surface area (Å²) in [6.07, 6.45) is 2.52. The third-order valence-corrected chi connectivity index (χ3v) is 4.54. The zero-order valence-corrected chi connectivity index (χ0v) is 15.7. The normalized spacial score (nSPS) is 11.4. The minimum atomic E-state index is -1.01. The van der Waals surface area contributed by atoms with Crippen molar-refractivity contribution in [2.45, 2.75) is 6.54 Å². The first kappa shape index (κ1) is 20.0. The first-order valence-electron chi connectivity index (χ1n) is 8.35. The Kier molecular flexibility index (Phi) is 5.56. The number of halogens is 1. The summed E-state index contributed by atoms with van der Waals surface area (Å²) in [6, 6.07) is 11.6. The summed E-state index contributed by atoms with van der Waals surface area (Å²) in [6.45, 7) is 0.396. The van der Waals surface area contributed by atoms with E-state index < -0.39 is 17.6 Å². The smallest absolute Gasteiger partial charge is 0.335 e. The number of carbonyl (C=O) groups is 2. The van der Waals surface area contributed by atoms with E-state index in [1.165, 1.54) is 12.1 Å². The van der Waals surface area contributed by atoms with E-state index >= 15 is 0 Å². The minimum absolute atomic E-state index is 0.186. The molecule has 8 nitrogen and oxygen atoms in total. The van der Waals surface area contributed by atoms with Crippen LogP contribution in [0.15, 0.2) is 59.9 Å². The number of nitrogens with zero attached hydrogens (tertiary/aromatic N) is 2. The number of nitrogens with two attached hydrogens (primary N) is 1. The molecule has 0 amide bonds. The number of benzene rings is 2. The van der Waals surface area contributed by atoms with E-state index in [0.717, 1.165) is 17.2 Å². The van der Waals surface area contributed by atoms with Gasteiger partial charge in [0.15, 0.2) is 0 Å². The van der Waals surface area contributed by atoms with Crippen LogP contribution in [0.1, 0.15) is 21.5 Å². The predicted octanol–water partition coefficient (Wildman–Crippen LogP) is 2.70. The van der Waals surface area contributed by atoms with Crippen LogP contribution in [0.3, 0.4) is 0 Å². The first-order chi connectivity index (χ1) is 13.8. The zero-order chi connectivity index (χ0) is 21.1. The number of fused-ring (bicyclic) bond motifs is 1. The number of hydrogen-bond donors (Lipinski definition) is 4. The monoisotopic (exact) mass is 411 g/mol. The summed E-state index contributed by atoms with van der Waals surface area (Å²) in [5.41, 5.74) is 7.05. The van der Waals surface area contributed by atoms with Gasteiger partial charge in [0.25, 0.3) is 5.84 Å². The van der Waals surface area contributed by atoms with Gasteiger partial charge in [0, 0.05) is 45.4 Å². The van der Waals surface area contributed by atoms with Crippen LogP contribution in [0, 0.1) is 5.41 Å². The number of hydrogen-bond acceptors (Lipinski definition) is 4. The quantitative estimate of drug-likeness (QED) is 0.163. The van der Waals surface area contributed by atoms with Gasteiger partial charge in [-0.15, -0.1) is 0 Å². The van der Waals surface area contributed by atoms with E-state index in [1.807, 2.05) is 4.57 Å². The summed E-state index contributed by atoms with van der Waals surface area (Å²) >= 11 is 6.09. The number of rotatable bonds is 6. The first-order valence-corrected chi connectivity index (χ1v) is 8.73. The van der Waals surface area contributed by atoms with Crippen molar-refractivity contribution in [2.24, 2.45) is 5.11 Å². The number of carbonyl (C=O) groups excluding carboxylic acids is 1. The molecule has 3 aromatic rings. The van der Waals surface area contributed by atoms with Gasteiger partial charge in [-0.1, -0.05) is 23.7 Å². The van der Waals surface area contributed by atoms with E-state index in [2.05, 4.69) is 5.11 Å². The fourth-order valence-electron chi connectivity index (χ4n) is 2.89. The molecule has 0 saturated heterocycles. The third kappa shape index (κ3) is 4.22. The van der Waals surface area contributed by atoms with Crippen molar-refractivity contribution in [3.63, 3.8) is 0 Å². The Labute approximate surface area is 169 Å². The molecule has 0 atom stereocenters. The zero-order valence-electron chi connectivity index (χ0n) is 15.0. The highest BCUT2D eigenvalue weighted by Gasteiger charge is 2.16. The Morgan fingerprint density at radius 2 is 1.86 bits per heavy atom. The molecule has 1 aromatic heterocycles. The van der Waals surface area contributed by atoms with E-state index in [-0.39, 0.29) is 11.3 Å². The lowest BCUT2D eigenvalue weighted by atomic mass is 10.1. The maximum atomic E-state index is 11.8. The van der Waals surface area contributed by atoms with Crippen LogP contribution < -0.4 is 5.53 Å². The lowest BCUT2D eigenvalue weighted by molar-refractivity contribution is -0.207. The molecule has 0 aliphatic heterocycles. The molecular formula is C20H16ClN4O4+. The number of aromatic carboxylic acids is 1. The summed E-state index contributed by atoms with van der Waals surface area (Å²) in [5.74, 6) is -2.88. The summed E-state index contributed by atoms with van der Waals surface area (Å²) in [7, 11) is 0. The molecule has 1 heterocycles. The largest absolute Gasteiger partial charge is 0.507 e. The molecular weight excluding hydrogens is 396 g/mol. The van der Waals surface area contributed by atoms with Gasteiger partial charge < -0.3 is 14.8 Å². The maximum absolute atomic E-state index is 11.8. The molecule has 0 radical (unpaired) electrons. The van der Waals surface area contributed by atoms with Crippen molar-refractivity contribution in [1.29, 1.82) is 5.41 Å². The van der Waals surface area contributed by atoms with Crippen molar-refractivity contribution >= 4 is 45.9 Å². The second kappa shape index (κ2) is 8.07. The molecule has 0 spiro atoms. The number of aromatic nitrogens is 1. The summed E-state index contributed by atoms with van der Waals surface area (Å²) in [4.78, 5) is 22.8. The van der Waals surface area contributed by atoms with Crippen molar-refractivity contribution in [2.75, 3.05) is 0 Å². The molecule has 9 heteroatoms. The third-order valence-electron chi connectivity index (χ3n) is 4.30. The van der Waals surface area contributed by atoms with Crippen LogP contribution in [0.25, 0.3) is 16.7 Å². The number of carboxylic acid groups (broad SMARTS) is 1. The standard InChI is InChI=1S/C20H15ClN4O4/c21-13-5-6-16-14(7-13)15(17(26)8-18(27)19(22)24-23)10-25(16)9-11-1-3-12(4-2-11)20(28)29/h1-8,10,22-23,26H,9H2,(H,28,29)/p+1. The number of amidine groups is 1. The molecule has 146 valence electrons. The van der Waals surface area contributed by atoms with Gasteiger partial charge in [-0.05, 0) is 35.9 Å². The maximum Gasteiger partial charge on any atom is 0.335 e. The number of ketones is 1. The lowest BCUT2D eigenvalue weighted by Gasteiger charge is -2.06. The second-order valence-electron chi connectivity index (χ2n) is 6.21. The molecule has 2 aromatic carbocycles. The molecule has 0 saturated carbocycles. The summed E-state index contributed by atoms with van der Waals surface area (Å²) in [5, 5.41) is 30.9. The number of aliphatic hydroxyl groups excluding tert-OH is 1. The molecule has 0 bridgehead atoms. The van der Waals surface area contributed by atoms with Gasteiger partial charge in [-0.25, -0.2) is 4.79 Å². The van der Waals surface area contributed by atoms with E-state index in [1.54, 1.807) is 36.5 Å². The number of nitrogens with one attached hydrogen (secondary N) is 1. The van der Waals surface area contributed by atoms with Crippen molar-refractivity contribution in [3.05, 3.63) is 76.5 Å². The lowest BCUT2D eigenvalue weighted by Crippen LogP contribution is -2.28. The van der Waals surface area contributed by atoms with Gasteiger partial charge in [0.2, 0.25) is 5.78 Å². The molecule has 3 rings (SSSR count). The molecule has 5 N–H and O–H groups in total. The van der Waals surface area contributed by atoms with Crippen LogP contribution in [0.2, 0.25) is 5.02 Å². The van der Waals surface area contributed by atoms with Crippen LogP contribution in [0.4, 0.5) is 0 Å². The van der Waals surface area contributed by atoms with Gasteiger partial charge in [-0.3, -0.25) is 10.2 Å². The van der Waals surface area contributed by atoms with E-state index in [0.29, 0.717) is 22.5 Å². The highest BCUT2D eigenvalue weighted by Crippen LogP contribution is 2.29. The summed E-state index contributed by atoms with van der Waals surface area (Å²) < 4.78 is 1.84. The Morgan fingerprint density at radius 3 is 2.48 bits per heavy atom. The Morgan fingerprint density at radius 1 is 1.17 bits per heavy atom. The highest BCUT2D eigenvalue weighted by atomic mass is 35.5. The van der Waals surface area contributed by atoms with E-state index in [4.69, 9.17) is 27.6 Å². The van der Waals surface area contributed by atoms with Gasteiger partial charge in [0.1, 0.15) is 5.76 Å². The molecule has 0 aliphatic carbocycles. The highest BCUT2D eigenvalue weighted by molar-refractivity contribution is 6.43. The van der Waals surface area contributed by atoms with Crippen molar-refractivity contribution < 1.29 is 25.3 Å².